The topological polar surface area (TPSA) is 87.1 Å². The maximum absolute atomic E-state index is 12.8. The van der Waals surface area contributed by atoms with Crippen molar-refractivity contribution in [3.05, 3.63) is 47.2 Å². The van der Waals surface area contributed by atoms with Crippen molar-refractivity contribution in [2.45, 2.75) is 25.8 Å². The van der Waals surface area contributed by atoms with Crippen molar-refractivity contribution < 1.29 is 28.6 Å². The van der Waals surface area contributed by atoms with Gasteiger partial charge in [0.25, 0.3) is 0 Å². The van der Waals surface area contributed by atoms with Crippen LogP contribution in [0.4, 0.5) is 4.79 Å². The lowest BCUT2D eigenvalue weighted by Gasteiger charge is -2.45. The van der Waals surface area contributed by atoms with Crippen LogP contribution in [-0.2, 0) is 30.2 Å². The molecule has 3 heterocycles. The van der Waals surface area contributed by atoms with Gasteiger partial charge in [-0.05, 0) is 31.4 Å². The second-order valence-electron chi connectivity index (χ2n) is 8.15. The third kappa shape index (κ3) is 3.39. The van der Waals surface area contributed by atoms with E-state index in [-0.39, 0.29) is 6.04 Å². The summed E-state index contributed by atoms with van der Waals surface area (Å²) < 4.78 is 16.7. The van der Waals surface area contributed by atoms with E-state index in [1.165, 1.54) is 21.3 Å². The second kappa shape index (κ2) is 8.78. The van der Waals surface area contributed by atoms with Gasteiger partial charge in [-0.2, -0.15) is 0 Å². The molecule has 0 radical (unpaired) electrons. The minimum atomic E-state index is -1.06. The molecule has 8 nitrogen and oxygen atoms in total. The van der Waals surface area contributed by atoms with E-state index in [1.54, 1.807) is 4.57 Å². The second-order valence-corrected chi connectivity index (χ2v) is 8.15. The molecule has 0 unspecified atom stereocenters. The van der Waals surface area contributed by atoms with Crippen molar-refractivity contribution in [2.75, 3.05) is 34.4 Å². The third-order valence-corrected chi connectivity index (χ3v) is 6.81. The molecule has 32 heavy (non-hydrogen) atoms. The number of esters is 2. The number of benzene rings is 1. The van der Waals surface area contributed by atoms with Gasteiger partial charge in [0, 0.05) is 24.4 Å². The van der Waals surface area contributed by atoms with Crippen LogP contribution in [0.15, 0.2) is 35.9 Å². The summed E-state index contributed by atoms with van der Waals surface area (Å²) >= 11 is 0. The molecule has 0 spiro atoms. The zero-order valence-electron chi connectivity index (χ0n) is 18.8. The first-order valence-electron chi connectivity index (χ1n) is 10.7. The summed E-state index contributed by atoms with van der Waals surface area (Å²) in [6.07, 6.45) is 2.80. The van der Waals surface area contributed by atoms with Crippen LogP contribution in [-0.4, -0.2) is 61.9 Å². The van der Waals surface area contributed by atoms with Gasteiger partial charge in [-0.15, -0.1) is 0 Å². The van der Waals surface area contributed by atoms with Crippen LogP contribution < -0.4 is 0 Å². The Hall–Kier alpha value is -3.13. The van der Waals surface area contributed by atoms with E-state index in [1.807, 2.05) is 37.3 Å². The van der Waals surface area contributed by atoms with Crippen molar-refractivity contribution in [1.82, 2.24) is 9.47 Å². The molecule has 1 saturated heterocycles. The monoisotopic (exact) mass is 440 g/mol. The number of para-hydroxylation sites is 1. The van der Waals surface area contributed by atoms with Crippen LogP contribution in [0.3, 0.4) is 0 Å². The average molecular weight is 440 g/mol. The Morgan fingerprint density at radius 1 is 1.06 bits per heavy atom. The van der Waals surface area contributed by atoms with Gasteiger partial charge in [0.2, 0.25) is 0 Å². The predicted molar refractivity (Wildman–Crippen MR) is 117 cm³/mol. The third-order valence-electron chi connectivity index (χ3n) is 6.81. The molecule has 0 bridgehead atoms. The smallest absolute Gasteiger partial charge is 0.418 e. The van der Waals surface area contributed by atoms with Crippen LogP contribution in [0.25, 0.3) is 10.9 Å². The number of methoxy groups -OCH3 is 3. The van der Waals surface area contributed by atoms with Gasteiger partial charge in [-0.25, -0.2) is 9.36 Å². The van der Waals surface area contributed by atoms with E-state index in [2.05, 4.69) is 4.90 Å². The van der Waals surface area contributed by atoms with Crippen LogP contribution in [0.1, 0.15) is 30.6 Å². The molecule has 0 aliphatic carbocycles. The summed E-state index contributed by atoms with van der Waals surface area (Å²) in [5, 5.41) is 1.03. The van der Waals surface area contributed by atoms with Gasteiger partial charge in [-0.3, -0.25) is 14.5 Å². The SMILES string of the molecule is C/C=C1\CN2CCc3c(n(C(=O)OC)c4ccccc34)[C@@H]2C[C@@H]1C(C(=O)OC)C(=O)OC. The van der Waals surface area contributed by atoms with Crippen molar-refractivity contribution in [3.63, 3.8) is 0 Å². The molecule has 0 saturated carbocycles. The highest BCUT2D eigenvalue weighted by molar-refractivity contribution is 5.96. The molecule has 0 N–H and O–H groups in total. The predicted octanol–water partition coefficient (Wildman–Crippen LogP) is 3.08. The highest BCUT2D eigenvalue weighted by atomic mass is 16.5. The summed E-state index contributed by atoms with van der Waals surface area (Å²) in [5.41, 5.74) is 3.78. The summed E-state index contributed by atoms with van der Waals surface area (Å²) in [4.78, 5) is 40.3. The van der Waals surface area contributed by atoms with Crippen LogP contribution in [0, 0.1) is 11.8 Å². The standard InChI is InChI=1S/C24H28N2O6/c1-5-14-13-25-11-10-16-15-8-6-7-9-18(15)26(24(29)32-4)21(16)19(25)12-17(14)20(22(27)30-2)23(28)31-3/h5-9,17,19-20H,10-13H2,1-4H3/b14-5+/t17-,19-/m0/s1. The number of carbonyl (C=O) groups excluding carboxylic acids is 3. The molecule has 1 fully saturated rings. The number of fused-ring (bicyclic) bond motifs is 5. The van der Waals surface area contributed by atoms with E-state index < -0.39 is 29.9 Å². The summed E-state index contributed by atoms with van der Waals surface area (Å²) in [5.74, 6) is -2.67. The lowest BCUT2D eigenvalue weighted by molar-refractivity contribution is -0.161. The largest absolute Gasteiger partial charge is 0.468 e. The zero-order valence-corrected chi connectivity index (χ0v) is 18.8. The first kappa shape index (κ1) is 22.1. The molecule has 2 aromatic rings. The van der Waals surface area contributed by atoms with Gasteiger partial charge in [0.05, 0.1) is 38.6 Å². The van der Waals surface area contributed by atoms with Gasteiger partial charge >= 0.3 is 18.0 Å². The van der Waals surface area contributed by atoms with E-state index in [9.17, 15) is 14.4 Å². The van der Waals surface area contributed by atoms with Crippen molar-refractivity contribution in [2.24, 2.45) is 11.8 Å². The molecule has 2 aliphatic rings. The molecule has 4 rings (SSSR count). The number of rotatable bonds is 3. The summed E-state index contributed by atoms with van der Waals surface area (Å²) in [6, 6.07) is 7.64. The molecule has 1 aromatic carbocycles. The van der Waals surface area contributed by atoms with Crippen LogP contribution in [0.2, 0.25) is 0 Å². The number of piperidine rings is 1. The lowest BCUT2D eigenvalue weighted by Crippen LogP contribution is -2.47. The fourth-order valence-corrected chi connectivity index (χ4v) is 5.34. The van der Waals surface area contributed by atoms with E-state index >= 15 is 0 Å². The quantitative estimate of drug-likeness (QED) is 0.314. The first-order chi connectivity index (χ1) is 15.5. The fourth-order valence-electron chi connectivity index (χ4n) is 5.34. The lowest BCUT2D eigenvalue weighted by atomic mass is 9.75. The number of nitrogens with zero attached hydrogens (tertiary/aromatic N) is 2. The Bertz CT molecular complexity index is 1090. The minimum absolute atomic E-state index is 0.157. The Balaban J connectivity index is 1.86. The van der Waals surface area contributed by atoms with Crippen molar-refractivity contribution in [3.8, 4) is 0 Å². The van der Waals surface area contributed by atoms with E-state index in [4.69, 9.17) is 14.2 Å². The molecular weight excluding hydrogens is 412 g/mol. The van der Waals surface area contributed by atoms with Crippen LogP contribution in [0.5, 0.6) is 0 Å². The van der Waals surface area contributed by atoms with E-state index in [0.29, 0.717) is 13.0 Å². The number of carbonyl (C=O) groups is 3. The number of ether oxygens (including phenoxy) is 3. The number of hydrogen-bond donors (Lipinski definition) is 0. The maximum atomic E-state index is 12.8. The van der Waals surface area contributed by atoms with E-state index in [0.717, 1.165) is 40.7 Å². The Morgan fingerprint density at radius 2 is 1.75 bits per heavy atom. The fraction of sp³-hybridized carbons (Fsp3) is 0.458. The Kier molecular flexibility index (Phi) is 6.06. The summed E-state index contributed by atoms with van der Waals surface area (Å²) in [6.45, 7) is 3.32. The number of aromatic nitrogens is 1. The molecule has 170 valence electrons. The molecule has 8 heteroatoms. The van der Waals surface area contributed by atoms with Gasteiger partial charge in [-0.1, -0.05) is 29.8 Å². The highest BCUT2D eigenvalue weighted by Crippen LogP contribution is 2.46. The highest BCUT2D eigenvalue weighted by Gasteiger charge is 2.46. The number of allylic oxidation sites excluding steroid dienone is 1. The molecule has 0 amide bonds. The Labute approximate surface area is 186 Å². The molecular formula is C24H28N2O6. The zero-order chi connectivity index (χ0) is 23.0. The molecule has 2 atom stereocenters. The molecule has 2 aliphatic heterocycles. The minimum Gasteiger partial charge on any atom is -0.468 e. The average Bonchev–Trinajstić information content (AvgIpc) is 3.17. The van der Waals surface area contributed by atoms with Gasteiger partial charge in [0.1, 0.15) is 0 Å². The van der Waals surface area contributed by atoms with Crippen molar-refractivity contribution >= 4 is 28.9 Å². The maximum Gasteiger partial charge on any atom is 0.418 e. The normalized spacial score (nSPS) is 21.8. The van der Waals surface area contributed by atoms with Gasteiger partial charge < -0.3 is 14.2 Å². The van der Waals surface area contributed by atoms with Crippen LogP contribution >= 0.6 is 0 Å². The number of hydrogen-bond acceptors (Lipinski definition) is 7. The molecule has 1 aromatic heterocycles. The van der Waals surface area contributed by atoms with Crippen molar-refractivity contribution in [1.29, 1.82) is 0 Å². The van der Waals surface area contributed by atoms with Gasteiger partial charge in [0.15, 0.2) is 5.92 Å². The summed E-state index contributed by atoms with van der Waals surface area (Å²) in [7, 11) is 3.92. The first-order valence-corrected chi connectivity index (χ1v) is 10.7. The Morgan fingerprint density at radius 3 is 2.38 bits per heavy atom.